The predicted molar refractivity (Wildman–Crippen MR) is 127 cm³/mol. The maximum Gasteiger partial charge on any atom is 0.258 e. The lowest BCUT2D eigenvalue weighted by atomic mass is 10.0. The molecule has 3 aromatic carbocycles. The molecule has 6 heteroatoms. The molecule has 1 aliphatic rings. The summed E-state index contributed by atoms with van der Waals surface area (Å²) in [6.45, 7) is 6.33. The summed E-state index contributed by atoms with van der Waals surface area (Å²) in [4.78, 5) is 15.2. The van der Waals surface area contributed by atoms with Crippen LogP contribution >= 0.6 is 0 Å². The molecule has 0 saturated heterocycles. The van der Waals surface area contributed by atoms with Gasteiger partial charge in [-0.1, -0.05) is 56.3 Å². The molecule has 0 spiro atoms. The molecule has 1 atom stereocenters. The molecule has 1 N–H and O–H groups in total. The average Bonchev–Trinajstić information content (AvgIpc) is 3.12. The molecular weight excluding hydrogens is 420 g/mol. The highest BCUT2D eigenvalue weighted by atomic mass is 32.2. The molecule has 1 amide bonds. The Bertz CT molecular complexity index is 1220. The number of benzene rings is 3. The van der Waals surface area contributed by atoms with Crippen LogP contribution < -0.4 is 9.62 Å². The van der Waals surface area contributed by atoms with Crippen LogP contribution in [0.15, 0.2) is 77.7 Å². The molecule has 3 aromatic rings. The fraction of sp³-hybridized carbons (Fsp3) is 0.269. The number of carbonyl (C=O) groups is 1. The minimum Gasteiger partial charge on any atom is -0.305 e. The number of amides is 1. The van der Waals surface area contributed by atoms with Crippen molar-refractivity contribution in [1.82, 2.24) is 4.72 Å². The molecule has 5 nitrogen and oxygen atoms in total. The molecule has 0 aliphatic carbocycles. The number of nitrogens with one attached hydrogen (secondary N) is 1. The maximum atomic E-state index is 13.1. The van der Waals surface area contributed by atoms with Crippen molar-refractivity contribution in [1.29, 1.82) is 0 Å². The molecule has 0 fully saturated rings. The number of fused-ring (bicyclic) bond motifs is 1. The number of anilines is 1. The monoisotopic (exact) mass is 448 g/mol. The Morgan fingerprint density at radius 3 is 2.38 bits per heavy atom. The predicted octanol–water partition coefficient (Wildman–Crippen LogP) is 4.88. The number of nitrogens with zero attached hydrogens (tertiary/aromatic N) is 1. The van der Waals surface area contributed by atoms with Crippen LogP contribution in [0.3, 0.4) is 0 Å². The Balaban J connectivity index is 1.53. The van der Waals surface area contributed by atoms with Gasteiger partial charge in [0.15, 0.2) is 0 Å². The number of rotatable bonds is 6. The highest BCUT2D eigenvalue weighted by molar-refractivity contribution is 7.89. The molecule has 0 saturated carbocycles. The molecule has 4 rings (SSSR count). The zero-order valence-electron chi connectivity index (χ0n) is 18.6. The van der Waals surface area contributed by atoms with Gasteiger partial charge in [-0.25, -0.2) is 13.1 Å². The molecule has 0 radical (unpaired) electrons. The van der Waals surface area contributed by atoms with Crippen molar-refractivity contribution in [3.63, 3.8) is 0 Å². The minimum atomic E-state index is -3.63. The van der Waals surface area contributed by atoms with Gasteiger partial charge < -0.3 is 4.90 Å². The lowest BCUT2D eigenvalue weighted by Gasteiger charge is -2.23. The van der Waals surface area contributed by atoms with Crippen LogP contribution in [0.4, 0.5) is 5.69 Å². The SMILES string of the molecule is CC(C)c1ccc(S(=O)(=O)NCc2ccc3c(c2)N(C(=O)c2ccccc2)C(C)C3)cc1. The Hall–Kier alpha value is -2.96. The van der Waals surface area contributed by atoms with Crippen molar-refractivity contribution in [3.05, 3.63) is 95.1 Å². The third-order valence-corrected chi connectivity index (χ3v) is 7.35. The van der Waals surface area contributed by atoms with Gasteiger partial charge in [0.05, 0.1) is 4.90 Å². The van der Waals surface area contributed by atoms with E-state index in [1.165, 1.54) is 0 Å². The van der Waals surface area contributed by atoms with Gasteiger partial charge in [0.25, 0.3) is 5.91 Å². The number of sulfonamides is 1. The van der Waals surface area contributed by atoms with E-state index in [0.717, 1.165) is 28.8 Å². The summed E-state index contributed by atoms with van der Waals surface area (Å²) in [5, 5.41) is 0. The fourth-order valence-electron chi connectivity index (χ4n) is 4.09. The Kier molecular flexibility index (Phi) is 6.17. The summed E-state index contributed by atoms with van der Waals surface area (Å²) in [6.07, 6.45) is 0.780. The Morgan fingerprint density at radius 2 is 1.72 bits per heavy atom. The second-order valence-corrected chi connectivity index (χ2v) is 10.4. The summed E-state index contributed by atoms with van der Waals surface area (Å²) < 4.78 is 28.2. The first-order valence-corrected chi connectivity index (χ1v) is 12.3. The van der Waals surface area contributed by atoms with Crippen molar-refractivity contribution in [3.8, 4) is 0 Å². The number of hydrogen-bond acceptors (Lipinski definition) is 3. The molecular formula is C26H28N2O3S. The standard InChI is InChI=1S/C26H28N2O3S/c1-18(2)21-11-13-24(14-12-21)32(30,31)27-17-20-9-10-23-15-19(3)28(25(23)16-20)26(29)22-7-5-4-6-8-22/h4-14,16,18-19,27H,15,17H2,1-3H3. The van der Waals surface area contributed by atoms with Crippen LogP contribution in [0.5, 0.6) is 0 Å². The molecule has 0 bridgehead atoms. The minimum absolute atomic E-state index is 0.0418. The number of carbonyl (C=O) groups excluding carboxylic acids is 1. The first-order valence-electron chi connectivity index (χ1n) is 10.9. The molecule has 1 heterocycles. The van der Waals surface area contributed by atoms with Crippen molar-refractivity contribution < 1.29 is 13.2 Å². The van der Waals surface area contributed by atoms with Crippen molar-refractivity contribution >= 4 is 21.6 Å². The van der Waals surface area contributed by atoms with Gasteiger partial charge in [-0.15, -0.1) is 0 Å². The molecule has 166 valence electrons. The van der Waals surface area contributed by atoms with E-state index in [1.54, 1.807) is 12.1 Å². The Labute approximate surface area is 190 Å². The van der Waals surface area contributed by atoms with Crippen LogP contribution in [0.25, 0.3) is 0 Å². The summed E-state index contributed by atoms with van der Waals surface area (Å²) in [6, 6.07) is 22.1. The van der Waals surface area contributed by atoms with Gasteiger partial charge in [-0.05, 0) is 66.3 Å². The van der Waals surface area contributed by atoms with E-state index in [1.807, 2.05) is 72.5 Å². The summed E-state index contributed by atoms with van der Waals surface area (Å²) in [5.74, 6) is 0.301. The summed E-state index contributed by atoms with van der Waals surface area (Å²) >= 11 is 0. The normalized spacial score (nSPS) is 15.8. The third-order valence-electron chi connectivity index (χ3n) is 5.93. The lowest BCUT2D eigenvalue weighted by molar-refractivity contribution is 0.0981. The van der Waals surface area contributed by atoms with E-state index < -0.39 is 10.0 Å². The second-order valence-electron chi connectivity index (χ2n) is 8.61. The highest BCUT2D eigenvalue weighted by Gasteiger charge is 2.31. The van der Waals surface area contributed by atoms with Crippen LogP contribution in [0.2, 0.25) is 0 Å². The zero-order chi connectivity index (χ0) is 22.9. The molecule has 1 aliphatic heterocycles. The van der Waals surface area contributed by atoms with E-state index in [2.05, 4.69) is 18.6 Å². The van der Waals surface area contributed by atoms with Gasteiger partial charge in [0, 0.05) is 23.8 Å². The largest absolute Gasteiger partial charge is 0.305 e. The zero-order valence-corrected chi connectivity index (χ0v) is 19.4. The van der Waals surface area contributed by atoms with E-state index >= 15 is 0 Å². The lowest BCUT2D eigenvalue weighted by Crippen LogP contribution is -2.35. The summed E-state index contributed by atoms with van der Waals surface area (Å²) in [7, 11) is -3.63. The maximum absolute atomic E-state index is 13.1. The van der Waals surface area contributed by atoms with Gasteiger partial charge in [-0.2, -0.15) is 0 Å². The van der Waals surface area contributed by atoms with Crippen LogP contribution in [0.1, 0.15) is 53.7 Å². The Morgan fingerprint density at radius 1 is 1.03 bits per heavy atom. The molecule has 0 aromatic heterocycles. The van der Waals surface area contributed by atoms with Crippen molar-refractivity contribution in [2.75, 3.05) is 4.90 Å². The van der Waals surface area contributed by atoms with Crippen LogP contribution in [-0.4, -0.2) is 20.4 Å². The van der Waals surface area contributed by atoms with Gasteiger partial charge in [0.2, 0.25) is 10.0 Å². The van der Waals surface area contributed by atoms with E-state index in [9.17, 15) is 13.2 Å². The van der Waals surface area contributed by atoms with E-state index in [-0.39, 0.29) is 23.4 Å². The van der Waals surface area contributed by atoms with Gasteiger partial charge in [-0.3, -0.25) is 4.79 Å². The van der Waals surface area contributed by atoms with E-state index in [4.69, 9.17) is 0 Å². The molecule has 1 unspecified atom stereocenters. The van der Waals surface area contributed by atoms with Gasteiger partial charge >= 0.3 is 0 Å². The van der Waals surface area contributed by atoms with Crippen LogP contribution in [0, 0.1) is 0 Å². The second kappa shape index (κ2) is 8.88. The third kappa shape index (κ3) is 4.47. The fourth-order valence-corrected chi connectivity index (χ4v) is 5.10. The average molecular weight is 449 g/mol. The van der Waals surface area contributed by atoms with Crippen molar-refractivity contribution in [2.24, 2.45) is 0 Å². The smallest absolute Gasteiger partial charge is 0.258 e. The van der Waals surface area contributed by atoms with Crippen LogP contribution in [-0.2, 0) is 23.0 Å². The highest BCUT2D eigenvalue weighted by Crippen LogP contribution is 2.34. The topological polar surface area (TPSA) is 66.5 Å². The first-order chi connectivity index (χ1) is 15.3. The van der Waals surface area contributed by atoms with Gasteiger partial charge in [0.1, 0.15) is 0 Å². The quantitative estimate of drug-likeness (QED) is 0.584. The van der Waals surface area contributed by atoms with Crippen molar-refractivity contribution in [2.45, 2.75) is 50.6 Å². The summed E-state index contributed by atoms with van der Waals surface area (Å²) in [5.41, 5.74) is 4.50. The molecule has 32 heavy (non-hydrogen) atoms. The first kappa shape index (κ1) is 22.2. The number of hydrogen-bond donors (Lipinski definition) is 1. The van der Waals surface area contributed by atoms with E-state index in [0.29, 0.717) is 11.5 Å².